The number of rotatable bonds is 11. The lowest BCUT2D eigenvalue weighted by Gasteiger charge is -2.38. The van der Waals surface area contributed by atoms with E-state index in [-0.39, 0.29) is 6.42 Å². The summed E-state index contributed by atoms with van der Waals surface area (Å²) >= 11 is 0. The fourth-order valence-corrected chi connectivity index (χ4v) is 2.43. The van der Waals surface area contributed by atoms with E-state index in [1.165, 1.54) is 13.8 Å². The molecule has 0 saturated heterocycles. The first-order valence-electron chi connectivity index (χ1n) is 9.49. The predicted molar refractivity (Wildman–Crippen MR) is 86.1 cm³/mol. The van der Waals surface area contributed by atoms with Crippen molar-refractivity contribution in [2.45, 2.75) is 75.3 Å². The van der Waals surface area contributed by atoms with E-state index in [0.29, 0.717) is 0 Å². The van der Waals surface area contributed by atoms with Gasteiger partial charge in [-0.2, -0.15) is 70.2 Å². The third kappa shape index (κ3) is 8.41. The van der Waals surface area contributed by atoms with Gasteiger partial charge in [-0.25, -0.2) is 4.79 Å². The second-order valence-corrected chi connectivity index (χ2v) is 7.58. The number of hydrogen-bond acceptors (Lipinski definition) is 4. The van der Waals surface area contributed by atoms with E-state index in [0.717, 1.165) is 0 Å². The number of carbonyl (C=O) groups is 2. The number of alkyl halides is 16. The fourth-order valence-electron chi connectivity index (χ4n) is 2.43. The molecule has 2 atom stereocenters. The van der Waals surface area contributed by atoms with Gasteiger partial charge in [0.05, 0.1) is 18.9 Å². The zero-order chi connectivity index (χ0) is 30.1. The summed E-state index contributed by atoms with van der Waals surface area (Å²) in [7, 11) is 0. The molecule has 0 aromatic carbocycles. The van der Waals surface area contributed by atoms with Crippen LogP contribution in [0.25, 0.3) is 0 Å². The molecule has 0 bridgehead atoms. The van der Waals surface area contributed by atoms with Crippen LogP contribution in [0.4, 0.5) is 70.2 Å². The van der Waals surface area contributed by atoms with E-state index < -0.39 is 85.4 Å². The van der Waals surface area contributed by atoms with E-state index in [1.807, 2.05) is 0 Å². The largest absolute Gasteiger partial charge is 0.465 e. The van der Waals surface area contributed by atoms with Crippen LogP contribution < -0.4 is 0 Å². The molecule has 2 unspecified atom stereocenters. The van der Waals surface area contributed by atoms with Crippen molar-refractivity contribution in [3.8, 4) is 0 Å². The van der Waals surface area contributed by atoms with Crippen molar-refractivity contribution >= 4 is 11.9 Å². The summed E-state index contributed by atoms with van der Waals surface area (Å²) in [6, 6.07) is 0. The highest BCUT2D eigenvalue weighted by Crippen LogP contribution is 2.58. The molecule has 0 aliphatic rings. The molecule has 0 spiro atoms. The molecule has 0 aliphatic carbocycles. The average molecular weight is 588 g/mol. The smallest absolute Gasteiger partial charge is 0.410 e. The molecule has 0 saturated carbocycles. The summed E-state index contributed by atoms with van der Waals surface area (Å²) < 4.78 is 217. The van der Waals surface area contributed by atoms with Gasteiger partial charge in [-0.1, -0.05) is 13.8 Å². The van der Waals surface area contributed by atoms with Gasteiger partial charge in [-0.3, -0.25) is 4.79 Å². The first-order chi connectivity index (χ1) is 16.1. The number of ether oxygens (including phenoxy) is 2. The predicted octanol–water partition coefficient (Wildman–Crippen LogP) is 6.77. The first-order valence-corrected chi connectivity index (χ1v) is 9.49. The molecule has 0 radical (unpaired) electrons. The number of esters is 2. The first kappa shape index (κ1) is 34.8. The second kappa shape index (κ2) is 10.9. The maximum absolute atomic E-state index is 14.5. The van der Waals surface area contributed by atoms with Gasteiger partial charge in [0.25, 0.3) is 5.85 Å². The van der Waals surface area contributed by atoms with E-state index >= 15 is 0 Å². The van der Waals surface area contributed by atoms with Gasteiger partial charge in [0, 0.05) is 0 Å². The van der Waals surface area contributed by atoms with E-state index in [9.17, 15) is 79.8 Å². The van der Waals surface area contributed by atoms with Gasteiger partial charge in [-0.05, 0) is 6.42 Å². The molecule has 4 nitrogen and oxygen atoms in total. The summed E-state index contributed by atoms with van der Waals surface area (Å²) in [6.07, 6.45) is -25.6. The van der Waals surface area contributed by atoms with Crippen LogP contribution in [0.2, 0.25) is 0 Å². The second-order valence-electron chi connectivity index (χ2n) is 7.58. The molecular weight excluding hydrogens is 572 g/mol. The molecule has 0 aromatic rings. The van der Waals surface area contributed by atoms with Crippen molar-refractivity contribution in [2.75, 3.05) is 6.61 Å². The Labute approximate surface area is 196 Å². The highest BCUT2D eigenvalue weighted by atomic mass is 19.4. The van der Waals surface area contributed by atoms with Gasteiger partial charge in [-0.15, -0.1) is 0 Å². The Morgan fingerprint density at radius 1 is 0.757 bits per heavy atom. The van der Waals surface area contributed by atoms with Crippen LogP contribution in [0, 0.1) is 11.8 Å². The Balaban J connectivity index is 6.23. The lowest BCUT2D eigenvalue weighted by Crippen LogP contribution is -2.66. The number of hydrogen-bond donors (Lipinski definition) is 0. The molecule has 37 heavy (non-hydrogen) atoms. The normalized spacial score (nSPS) is 16.8. The Bertz CT molecular complexity index is 787. The maximum Gasteiger partial charge on any atom is 0.410 e. The van der Waals surface area contributed by atoms with E-state index in [2.05, 4.69) is 9.47 Å². The zero-order valence-electron chi connectivity index (χ0n) is 18.2. The molecule has 0 amide bonds. The van der Waals surface area contributed by atoms with Crippen LogP contribution in [-0.4, -0.2) is 60.7 Å². The Kier molecular flexibility index (Phi) is 10.3. The van der Waals surface area contributed by atoms with Gasteiger partial charge in [0.2, 0.25) is 5.92 Å². The minimum absolute atomic E-state index is 0.0590. The molecule has 0 N–H and O–H groups in total. The van der Waals surface area contributed by atoms with Crippen molar-refractivity contribution in [3.63, 3.8) is 0 Å². The standard InChI is InChI=1S/C17H16F16O4/c1-3-7(2)8(34)36-5-4-11(18,6-12(19,20)21)37-10(35)14(24,25)17(32,33)13(22,23)9(15(26,27)28)16(29,30)31/h7,9H,3-6H2,1-2H3. The summed E-state index contributed by atoms with van der Waals surface area (Å²) in [6.45, 7) is 1.08. The minimum Gasteiger partial charge on any atom is -0.465 e. The van der Waals surface area contributed by atoms with Gasteiger partial charge < -0.3 is 9.47 Å². The SMILES string of the molecule is CCC(C)C(=O)OCCC(F)(CC(F)(F)F)OC(=O)C(F)(F)C(F)(F)C(F)(F)C(C(F)(F)F)C(F)(F)F. The van der Waals surface area contributed by atoms with Crippen LogP contribution >= 0.6 is 0 Å². The van der Waals surface area contributed by atoms with Crippen molar-refractivity contribution < 1.29 is 89.3 Å². The Hall–Kier alpha value is -2.18. The highest BCUT2D eigenvalue weighted by molar-refractivity contribution is 5.79. The summed E-state index contributed by atoms with van der Waals surface area (Å²) in [5, 5.41) is 0. The molecule has 220 valence electrons. The van der Waals surface area contributed by atoms with Crippen LogP contribution in [-0.2, 0) is 19.1 Å². The molecule has 0 fully saturated rings. The fraction of sp³-hybridized carbons (Fsp3) is 0.882. The summed E-state index contributed by atoms with van der Waals surface area (Å²) in [5.74, 6) is -41.1. The third-order valence-electron chi connectivity index (χ3n) is 4.56. The monoisotopic (exact) mass is 588 g/mol. The molecule has 20 heteroatoms. The maximum atomic E-state index is 14.5. The third-order valence-corrected chi connectivity index (χ3v) is 4.56. The van der Waals surface area contributed by atoms with Crippen LogP contribution in [0.1, 0.15) is 33.1 Å². The number of carbonyl (C=O) groups excluding carboxylic acids is 2. The van der Waals surface area contributed by atoms with Crippen LogP contribution in [0.5, 0.6) is 0 Å². The zero-order valence-corrected chi connectivity index (χ0v) is 18.2. The van der Waals surface area contributed by atoms with E-state index in [1.54, 1.807) is 0 Å². The lowest BCUT2D eigenvalue weighted by atomic mass is 9.90. The van der Waals surface area contributed by atoms with Gasteiger partial charge in [0.15, 0.2) is 0 Å². The molecule has 0 heterocycles. The van der Waals surface area contributed by atoms with Gasteiger partial charge in [0.1, 0.15) is 6.42 Å². The lowest BCUT2D eigenvalue weighted by molar-refractivity contribution is -0.399. The van der Waals surface area contributed by atoms with Crippen molar-refractivity contribution in [2.24, 2.45) is 11.8 Å². The van der Waals surface area contributed by atoms with Crippen LogP contribution in [0.3, 0.4) is 0 Å². The van der Waals surface area contributed by atoms with E-state index in [4.69, 9.17) is 0 Å². The Morgan fingerprint density at radius 3 is 1.54 bits per heavy atom. The topological polar surface area (TPSA) is 52.6 Å². The average Bonchev–Trinajstić information content (AvgIpc) is 2.62. The van der Waals surface area contributed by atoms with Crippen molar-refractivity contribution in [3.05, 3.63) is 0 Å². The highest BCUT2D eigenvalue weighted by Gasteiger charge is 2.85. The molecule has 0 rings (SSSR count). The minimum atomic E-state index is -7.94. The summed E-state index contributed by atoms with van der Waals surface area (Å²) in [5.41, 5.74) is 0. The Morgan fingerprint density at radius 2 is 1.19 bits per heavy atom. The van der Waals surface area contributed by atoms with Crippen molar-refractivity contribution in [1.29, 1.82) is 0 Å². The number of halogens is 16. The summed E-state index contributed by atoms with van der Waals surface area (Å²) in [4.78, 5) is 22.8. The van der Waals surface area contributed by atoms with Crippen molar-refractivity contribution in [1.82, 2.24) is 0 Å². The van der Waals surface area contributed by atoms with Crippen LogP contribution in [0.15, 0.2) is 0 Å². The molecule has 0 aliphatic heterocycles. The molecule has 0 aromatic heterocycles. The van der Waals surface area contributed by atoms with Gasteiger partial charge >= 0.3 is 48.2 Å². The molecular formula is C17H16F16O4. The quantitative estimate of drug-likeness (QED) is 0.198.